The highest BCUT2D eigenvalue weighted by Crippen LogP contribution is 2.26. The Kier molecular flexibility index (Phi) is 5.46. The molecule has 0 radical (unpaired) electrons. The minimum absolute atomic E-state index is 0.811. The normalized spacial score (nSPS) is 32.1. The summed E-state index contributed by atoms with van der Waals surface area (Å²) in [5.74, 6) is 0. The van der Waals surface area contributed by atoms with E-state index in [0.717, 1.165) is 11.3 Å². The summed E-state index contributed by atoms with van der Waals surface area (Å²) in [4.78, 5) is 2.60. The Morgan fingerprint density at radius 1 is 1.12 bits per heavy atom. The lowest BCUT2D eigenvalue weighted by atomic mass is 9.95. The lowest BCUT2D eigenvalue weighted by Crippen LogP contribution is -2.38. The van der Waals surface area contributed by atoms with Gasteiger partial charge in [-0.3, -0.25) is 0 Å². The molecule has 2 rings (SSSR count). The second-order valence-electron chi connectivity index (χ2n) is 5.21. The maximum Gasteiger partial charge on any atom is 0.0107 e. The van der Waals surface area contributed by atoms with Crippen molar-refractivity contribution in [2.24, 2.45) is 0 Å². The zero-order chi connectivity index (χ0) is 11.2. The smallest absolute Gasteiger partial charge is 0.0107 e. The SMILES string of the molecule is CSC1CCC(NCCN2CCCC2)CC1. The predicted octanol–water partition coefficient (Wildman–Crippen LogP) is 2.35. The minimum Gasteiger partial charge on any atom is -0.313 e. The molecule has 1 N–H and O–H groups in total. The van der Waals surface area contributed by atoms with Crippen LogP contribution < -0.4 is 5.32 Å². The standard InChI is InChI=1S/C13H26N2S/c1-16-13-6-4-12(5-7-13)14-8-11-15-9-2-3-10-15/h12-14H,2-11H2,1H3. The number of hydrogen-bond acceptors (Lipinski definition) is 3. The van der Waals surface area contributed by atoms with E-state index >= 15 is 0 Å². The lowest BCUT2D eigenvalue weighted by Gasteiger charge is -2.28. The van der Waals surface area contributed by atoms with Crippen molar-refractivity contribution in [3.8, 4) is 0 Å². The van der Waals surface area contributed by atoms with Gasteiger partial charge in [0.05, 0.1) is 0 Å². The van der Waals surface area contributed by atoms with Crippen LogP contribution in [0.2, 0.25) is 0 Å². The highest BCUT2D eigenvalue weighted by atomic mass is 32.2. The second-order valence-corrected chi connectivity index (χ2v) is 6.35. The van der Waals surface area contributed by atoms with Crippen LogP contribution in [0.1, 0.15) is 38.5 Å². The highest BCUT2D eigenvalue weighted by Gasteiger charge is 2.20. The predicted molar refractivity (Wildman–Crippen MR) is 73.2 cm³/mol. The summed E-state index contributed by atoms with van der Waals surface area (Å²) in [6, 6.07) is 0.811. The molecule has 3 heteroatoms. The van der Waals surface area contributed by atoms with Crippen molar-refractivity contribution < 1.29 is 0 Å². The van der Waals surface area contributed by atoms with Gasteiger partial charge in [0, 0.05) is 24.4 Å². The summed E-state index contributed by atoms with van der Waals surface area (Å²) < 4.78 is 0. The topological polar surface area (TPSA) is 15.3 Å². The van der Waals surface area contributed by atoms with E-state index in [9.17, 15) is 0 Å². The fourth-order valence-corrected chi connectivity index (χ4v) is 3.68. The highest BCUT2D eigenvalue weighted by molar-refractivity contribution is 7.99. The second kappa shape index (κ2) is 6.87. The number of rotatable bonds is 5. The van der Waals surface area contributed by atoms with Crippen molar-refractivity contribution >= 4 is 11.8 Å². The van der Waals surface area contributed by atoms with Crippen molar-refractivity contribution in [3.05, 3.63) is 0 Å². The van der Waals surface area contributed by atoms with Crippen molar-refractivity contribution in [1.82, 2.24) is 10.2 Å². The summed E-state index contributed by atoms with van der Waals surface area (Å²) in [6.45, 7) is 5.14. The average molecular weight is 242 g/mol. The maximum atomic E-state index is 3.74. The first-order valence-corrected chi connectivity index (χ1v) is 8.16. The van der Waals surface area contributed by atoms with Gasteiger partial charge in [0.1, 0.15) is 0 Å². The van der Waals surface area contributed by atoms with Crippen molar-refractivity contribution in [3.63, 3.8) is 0 Å². The van der Waals surface area contributed by atoms with Gasteiger partial charge >= 0.3 is 0 Å². The third-order valence-corrected chi connectivity index (χ3v) is 5.21. The molecule has 2 fully saturated rings. The maximum absolute atomic E-state index is 3.74. The quantitative estimate of drug-likeness (QED) is 0.797. The van der Waals surface area contributed by atoms with E-state index in [4.69, 9.17) is 0 Å². The largest absolute Gasteiger partial charge is 0.313 e. The Hall–Kier alpha value is 0.270. The first-order valence-electron chi connectivity index (χ1n) is 6.87. The number of nitrogens with one attached hydrogen (secondary N) is 1. The molecule has 1 aliphatic heterocycles. The van der Waals surface area contributed by atoms with E-state index in [0.29, 0.717) is 0 Å². The molecule has 94 valence electrons. The molecule has 0 aromatic rings. The Morgan fingerprint density at radius 3 is 2.44 bits per heavy atom. The Balaban J connectivity index is 1.53. The van der Waals surface area contributed by atoms with Gasteiger partial charge in [0.25, 0.3) is 0 Å². The number of hydrogen-bond donors (Lipinski definition) is 1. The van der Waals surface area contributed by atoms with Crippen molar-refractivity contribution in [2.45, 2.75) is 49.8 Å². The van der Waals surface area contributed by atoms with Crippen LogP contribution in [-0.4, -0.2) is 48.6 Å². The van der Waals surface area contributed by atoms with Gasteiger partial charge in [-0.2, -0.15) is 11.8 Å². The summed E-state index contributed by atoms with van der Waals surface area (Å²) >= 11 is 2.06. The van der Waals surface area contributed by atoms with Crippen molar-refractivity contribution in [2.75, 3.05) is 32.4 Å². The molecule has 0 aromatic heterocycles. The van der Waals surface area contributed by atoms with Gasteiger partial charge in [-0.05, 0) is 57.9 Å². The summed E-state index contributed by atoms with van der Waals surface area (Å²) in [6.07, 6.45) is 10.7. The average Bonchev–Trinajstić information content (AvgIpc) is 2.83. The van der Waals surface area contributed by atoms with Crippen LogP contribution in [0, 0.1) is 0 Å². The molecular weight excluding hydrogens is 216 g/mol. The van der Waals surface area contributed by atoms with E-state index in [1.165, 1.54) is 64.7 Å². The number of thioether (sulfide) groups is 1. The van der Waals surface area contributed by atoms with Gasteiger partial charge in [-0.25, -0.2) is 0 Å². The van der Waals surface area contributed by atoms with Gasteiger partial charge in [-0.15, -0.1) is 0 Å². The number of likely N-dealkylation sites (tertiary alicyclic amines) is 1. The van der Waals surface area contributed by atoms with Crippen LogP contribution in [0.4, 0.5) is 0 Å². The fourth-order valence-electron chi connectivity index (χ4n) is 2.94. The fraction of sp³-hybridized carbons (Fsp3) is 1.00. The number of nitrogens with zero attached hydrogens (tertiary/aromatic N) is 1. The third-order valence-electron chi connectivity index (χ3n) is 4.07. The van der Waals surface area contributed by atoms with E-state index in [-0.39, 0.29) is 0 Å². The molecule has 1 saturated heterocycles. The van der Waals surface area contributed by atoms with Gasteiger partial charge in [-0.1, -0.05) is 0 Å². The molecule has 0 unspecified atom stereocenters. The van der Waals surface area contributed by atoms with Crippen LogP contribution in [0.5, 0.6) is 0 Å². The molecule has 1 saturated carbocycles. The zero-order valence-electron chi connectivity index (χ0n) is 10.6. The molecule has 0 atom stereocenters. The molecule has 16 heavy (non-hydrogen) atoms. The molecule has 0 bridgehead atoms. The van der Waals surface area contributed by atoms with Gasteiger partial charge < -0.3 is 10.2 Å². The Labute approximate surface area is 105 Å². The van der Waals surface area contributed by atoms with Crippen LogP contribution >= 0.6 is 11.8 Å². The lowest BCUT2D eigenvalue weighted by molar-refractivity contribution is 0.310. The van der Waals surface area contributed by atoms with Gasteiger partial charge in [0.15, 0.2) is 0 Å². The first kappa shape index (κ1) is 12.7. The van der Waals surface area contributed by atoms with Crippen LogP contribution in [0.3, 0.4) is 0 Å². The Bertz CT molecular complexity index is 184. The summed E-state index contributed by atoms with van der Waals surface area (Å²) in [5.41, 5.74) is 0. The Morgan fingerprint density at radius 2 is 1.81 bits per heavy atom. The first-order chi connectivity index (χ1) is 7.88. The molecule has 1 aliphatic carbocycles. The summed E-state index contributed by atoms with van der Waals surface area (Å²) in [7, 11) is 0. The third kappa shape index (κ3) is 3.94. The zero-order valence-corrected chi connectivity index (χ0v) is 11.4. The van der Waals surface area contributed by atoms with E-state index in [1.807, 2.05) is 0 Å². The van der Waals surface area contributed by atoms with E-state index in [2.05, 4.69) is 28.2 Å². The van der Waals surface area contributed by atoms with Crippen LogP contribution in [0.15, 0.2) is 0 Å². The van der Waals surface area contributed by atoms with Crippen molar-refractivity contribution in [1.29, 1.82) is 0 Å². The monoisotopic (exact) mass is 242 g/mol. The molecule has 0 amide bonds. The molecule has 0 spiro atoms. The molecular formula is C13H26N2S. The van der Waals surface area contributed by atoms with Crippen LogP contribution in [0.25, 0.3) is 0 Å². The molecule has 1 heterocycles. The molecule has 0 aromatic carbocycles. The van der Waals surface area contributed by atoms with Crippen LogP contribution in [-0.2, 0) is 0 Å². The summed E-state index contributed by atoms with van der Waals surface area (Å²) in [5, 5.41) is 4.68. The molecule has 2 aliphatic rings. The minimum atomic E-state index is 0.811. The van der Waals surface area contributed by atoms with E-state index in [1.54, 1.807) is 0 Å². The van der Waals surface area contributed by atoms with Gasteiger partial charge in [0.2, 0.25) is 0 Å². The molecule has 2 nitrogen and oxygen atoms in total. The van der Waals surface area contributed by atoms with E-state index < -0.39 is 0 Å².